The maximum Gasteiger partial charge on any atom is 0.379 e. The molecule has 0 aromatic carbocycles. The van der Waals surface area contributed by atoms with Gasteiger partial charge < -0.3 is 9.94 Å². The molecular formula is C6H6FNO2. The fourth-order valence-electron chi connectivity index (χ4n) is 0.601. The second-order valence-corrected chi connectivity index (χ2v) is 1.72. The second-order valence-electron chi connectivity index (χ2n) is 1.72. The molecule has 0 aliphatic carbocycles. The van der Waals surface area contributed by atoms with Gasteiger partial charge in [-0.1, -0.05) is 0 Å². The van der Waals surface area contributed by atoms with E-state index >= 15 is 0 Å². The molecule has 1 aromatic rings. The van der Waals surface area contributed by atoms with Crippen molar-refractivity contribution in [3.63, 3.8) is 0 Å². The number of hydrogen-bond acceptors (Lipinski definition) is 2. The number of rotatable bonds is 1. The third-order valence-corrected chi connectivity index (χ3v) is 1.05. The molecule has 54 valence electrons. The van der Waals surface area contributed by atoms with Crippen LogP contribution in [0.15, 0.2) is 18.3 Å². The molecule has 1 heterocycles. The number of hydrogen-bond donors (Lipinski definition) is 0. The molecule has 0 aliphatic rings. The first-order valence-corrected chi connectivity index (χ1v) is 2.67. The molecule has 1 aromatic heterocycles. The predicted octanol–water partition coefficient (Wildman–Crippen LogP) is 0.468. The zero-order valence-corrected chi connectivity index (χ0v) is 5.37. The van der Waals surface area contributed by atoms with Crippen molar-refractivity contribution in [2.24, 2.45) is 0 Å². The summed E-state index contributed by atoms with van der Waals surface area (Å²) in [5.74, 6) is -0.489. The van der Waals surface area contributed by atoms with E-state index in [-0.39, 0.29) is 5.88 Å². The number of nitrogens with zero attached hydrogens (tertiary/aromatic N) is 1. The third kappa shape index (κ3) is 1.15. The van der Waals surface area contributed by atoms with Gasteiger partial charge in [-0.3, -0.25) is 0 Å². The van der Waals surface area contributed by atoms with Crippen LogP contribution in [0.25, 0.3) is 0 Å². The van der Waals surface area contributed by atoms with Crippen molar-refractivity contribution in [3.8, 4) is 5.88 Å². The molecule has 10 heavy (non-hydrogen) atoms. The summed E-state index contributed by atoms with van der Waals surface area (Å²) in [6.07, 6.45) is 0.804. The number of halogens is 1. The standard InChI is InChI=1S/C6H6FNO2/c1-10-6-3-2-5(7)4-8(6)9/h2-4H,1H3. The summed E-state index contributed by atoms with van der Waals surface area (Å²) in [4.78, 5) is 0. The molecule has 0 N–H and O–H groups in total. The molecule has 3 nitrogen and oxygen atoms in total. The Morgan fingerprint density at radius 2 is 2.30 bits per heavy atom. The Bertz CT molecular complexity index is 239. The Labute approximate surface area is 57.3 Å². The van der Waals surface area contributed by atoms with Crippen LogP contribution in [0.4, 0.5) is 4.39 Å². The van der Waals surface area contributed by atoms with Crippen molar-refractivity contribution in [2.75, 3.05) is 7.11 Å². The Morgan fingerprint density at radius 1 is 1.60 bits per heavy atom. The number of aromatic nitrogens is 1. The highest BCUT2D eigenvalue weighted by atomic mass is 19.1. The van der Waals surface area contributed by atoms with Gasteiger partial charge in [-0.2, -0.15) is 0 Å². The average molecular weight is 143 g/mol. The maximum atomic E-state index is 12.2. The zero-order valence-electron chi connectivity index (χ0n) is 5.37. The van der Waals surface area contributed by atoms with Crippen LogP contribution < -0.4 is 9.47 Å². The Hall–Kier alpha value is -1.32. The van der Waals surface area contributed by atoms with Gasteiger partial charge in [0, 0.05) is 0 Å². The summed E-state index contributed by atoms with van der Waals surface area (Å²) >= 11 is 0. The van der Waals surface area contributed by atoms with Crippen LogP contribution in [-0.4, -0.2) is 7.11 Å². The van der Waals surface area contributed by atoms with E-state index in [0.717, 1.165) is 12.3 Å². The Morgan fingerprint density at radius 3 is 2.80 bits per heavy atom. The van der Waals surface area contributed by atoms with Gasteiger partial charge in [-0.05, 0) is 6.07 Å². The smallest absolute Gasteiger partial charge is 0.379 e. The maximum absolute atomic E-state index is 12.2. The summed E-state index contributed by atoms with van der Waals surface area (Å²) < 4.78 is 17.1. The number of pyridine rings is 1. The minimum atomic E-state index is -0.573. The summed E-state index contributed by atoms with van der Waals surface area (Å²) in [6, 6.07) is 2.43. The molecular weight excluding hydrogens is 137 g/mol. The van der Waals surface area contributed by atoms with Crippen LogP contribution in [0.5, 0.6) is 5.88 Å². The molecule has 0 radical (unpaired) electrons. The first kappa shape index (κ1) is 6.80. The highest BCUT2D eigenvalue weighted by molar-refractivity contribution is 5.03. The van der Waals surface area contributed by atoms with E-state index in [2.05, 4.69) is 4.74 Å². The van der Waals surface area contributed by atoms with E-state index in [0.29, 0.717) is 4.73 Å². The van der Waals surface area contributed by atoms with Crippen molar-refractivity contribution >= 4 is 0 Å². The van der Waals surface area contributed by atoms with Crippen LogP contribution >= 0.6 is 0 Å². The summed E-state index contributed by atoms with van der Waals surface area (Å²) in [5.41, 5.74) is 0. The van der Waals surface area contributed by atoms with Crippen LogP contribution in [0.3, 0.4) is 0 Å². The van der Waals surface area contributed by atoms with E-state index in [4.69, 9.17) is 0 Å². The molecule has 4 heteroatoms. The lowest BCUT2D eigenvalue weighted by molar-refractivity contribution is -0.613. The van der Waals surface area contributed by atoms with Crippen LogP contribution in [0, 0.1) is 11.0 Å². The van der Waals surface area contributed by atoms with Crippen LogP contribution in [-0.2, 0) is 0 Å². The monoisotopic (exact) mass is 143 g/mol. The second kappa shape index (κ2) is 2.51. The van der Waals surface area contributed by atoms with Crippen molar-refractivity contribution in [1.29, 1.82) is 0 Å². The molecule has 0 unspecified atom stereocenters. The first-order valence-electron chi connectivity index (χ1n) is 2.67. The van der Waals surface area contributed by atoms with Gasteiger partial charge >= 0.3 is 5.88 Å². The minimum Gasteiger partial charge on any atom is -0.616 e. The van der Waals surface area contributed by atoms with Gasteiger partial charge in [0.1, 0.15) is 0 Å². The lowest BCUT2D eigenvalue weighted by Crippen LogP contribution is -2.28. The minimum absolute atomic E-state index is 0.0846. The normalized spacial score (nSPS) is 9.40. The highest BCUT2D eigenvalue weighted by Crippen LogP contribution is 2.01. The van der Waals surface area contributed by atoms with Crippen LogP contribution in [0.2, 0.25) is 0 Å². The molecule has 0 saturated heterocycles. The molecule has 0 fully saturated rings. The summed E-state index contributed by atoms with van der Waals surface area (Å²) in [7, 11) is 1.35. The zero-order chi connectivity index (χ0) is 7.56. The fourth-order valence-corrected chi connectivity index (χ4v) is 0.601. The lowest BCUT2D eigenvalue weighted by Gasteiger charge is -2.00. The SMILES string of the molecule is COc1ccc(F)c[n+]1[O-]. The number of methoxy groups -OCH3 is 1. The first-order chi connectivity index (χ1) is 4.74. The largest absolute Gasteiger partial charge is 0.616 e. The Kier molecular flexibility index (Phi) is 1.71. The highest BCUT2D eigenvalue weighted by Gasteiger charge is 2.03. The Balaban J connectivity index is 3.07. The van der Waals surface area contributed by atoms with E-state index < -0.39 is 5.82 Å². The number of ether oxygens (including phenoxy) is 1. The third-order valence-electron chi connectivity index (χ3n) is 1.05. The van der Waals surface area contributed by atoms with Crippen molar-refractivity contribution in [3.05, 3.63) is 29.4 Å². The van der Waals surface area contributed by atoms with E-state index in [1.165, 1.54) is 13.2 Å². The quantitative estimate of drug-likeness (QED) is 0.423. The van der Waals surface area contributed by atoms with Gasteiger partial charge in [-0.25, -0.2) is 4.39 Å². The van der Waals surface area contributed by atoms with Gasteiger partial charge in [0.15, 0.2) is 5.82 Å². The van der Waals surface area contributed by atoms with E-state index in [1.54, 1.807) is 0 Å². The lowest BCUT2D eigenvalue weighted by atomic mass is 10.5. The molecule has 0 saturated carbocycles. The molecule has 0 spiro atoms. The van der Waals surface area contributed by atoms with Gasteiger partial charge in [0.2, 0.25) is 6.20 Å². The van der Waals surface area contributed by atoms with E-state index in [9.17, 15) is 9.60 Å². The predicted molar refractivity (Wildman–Crippen MR) is 31.9 cm³/mol. The molecule has 0 atom stereocenters. The van der Waals surface area contributed by atoms with Gasteiger partial charge in [0.05, 0.1) is 13.2 Å². The van der Waals surface area contributed by atoms with Crippen molar-refractivity contribution in [1.82, 2.24) is 0 Å². The molecule has 0 amide bonds. The van der Waals surface area contributed by atoms with Crippen LogP contribution in [0.1, 0.15) is 0 Å². The van der Waals surface area contributed by atoms with Crippen molar-refractivity contribution < 1.29 is 13.9 Å². The molecule has 1 rings (SSSR count). The van der Waals surface area contributed by atoms with Crippen molar-refractivity contribution in [2.45, 2.75) is 0 Å². The topological polar surface area (TPSA) is 36.2 Å². The van der Waals surface area contributed by atoms with Gasteiger partial charge in [0.25, 0.3) is 0 Å². The van der Waals surface area contributed by atoms with E-state index in [1.807, 2.05) is 0 Å². The molecule has 0 aliphatic heterocycles. The molecule has 0 bridgehead atoms. The summed E-state index contributed by atoms with van der Waals surface area (Å²) in [5, 5.41) is 10.6. The fraction of sp³-hybridized carbons (Fsp3) is 0.167. The van der Waals surface area contributed by atoms with Gasteiger partial charge in [-0.15, -0.1) is 4.73 Å². The average Bonchev–Trinajstić information content (AvgIpc) is 1.88. The summed E-state index contributed by atoms with van der Waals surface area (Å²) in [6.45, 7) is 0.